The number of amides is 1. The van der Waals surface area contributed by atoms with E-state index in [0.29, 0.717) is 17.0 Å². The molecule has 0 saturated carbocycles. The summed E-state index contributed by atoms with van der Waals surface area (Å²) in [5, 5.41) is 11.4. The number of carbonyl (C=O) groups is 2. The molecule has 1 N–H and O–H groups in total. The summed E-state index contributed by atoms with van der Waals surface area (Å²) in [6.45, 7) is 3.82. The summed E-state index contributed by atoms with van der Waals surface area (Å²) in [4.78, 5) is 30.2. The van der Waals surface area contributed by atoms with Crippen LogP contribution in [-0.2, 0) is 9.59 Å². The molecule has 6 nitrogen and oxygen atoms in total. The summed E-state index contributed by atoms with van der Waals surface area (Å²) in [6, 6.07) is 19.6. The Morgan fingerprint density at radius 2 is 1.65 bits per heavy atom. The highest BCUT2D eigenvalue weighted by atomic mass is 16.5. The highest BCUT2D eigenvalue weighted by molar-refractivity contribution is 6.51. The first-order valence-electron chi connectivity index (χ1n) is 11.0. The van der Waals surface area contributed by atoms with Crippen molar-refractivity contribution in [1.29, 1.82) is 0 Å². The van der Waals surface area contributed by atoms with Gasteiger partial charge in [-0.3, -0.25) is 14.5 Å². The van der Waals surface area contributed by atoms with Gasteiger partial charge in [0.2, 0.25) is 0 Å². The van der Waals surface area contributed by atoms with Gasteiger partial charge in [-0.15, -0.1) is 0 Å². The molecule has 4 rings (SSSR count). The van der Waals surface area contributed by atoms with E-state index < -0.39 is 17.7 Å². The van der Waals surface area contributed by atoms with Gasteiger partial charge in [0.15, 0.2) is 0 Å². The van der Waals surface area contributed by atoms with Gasteiger partial charge >= 0.3 is 0 Å². The lowest BCUT2D eigenvalue weighted by Crippen LogP contribution is -2.29. The normalized spacial score (nSPS) is 17.2. The standard InChI is InChI=1S/C28H28N2O4/c1-17-10-15-23(34-5)22(16-17)26(31)24-25(21-9-7-6-8-18(21)2)30(28(33)27(24)32)20-13-11-19(12-14-20)29(3)4/h6-16,25,31H,1-5H3/b26-24+. The van der Waals surface area contributed by atoms with Crippen LogP contribution < -0.4 is 14.5 Å². The van der Waals surface area contributed by atoms with Crippen molar-refractivity contribution in [3.8, 4) is 5.75 Å². The first-order chi connectivity index (χ1) is 16.2. The first kappa shape index (κ1) is 23.1. The zero-order chi connectivity index (χ0) is 24.6. The van der Waals surface area contributed by atoms with Gasteiger partial charge in [-0.25, -0.2) is 0 Å². The van der Waals surface area contributed by atoms with Crippen molar-refractivity contribution in [3.05, 3.63) is 94.6 Å². The number of anilines is 2. The van der Waals surface area contributed by atoms with Crippen LogP contribution in [0, 0.1) is 13.8 Å². The van der Waals surface area contributed by atoms with Crippen LogP contribution in [-0.4, -0.2) is 38.0 Å². The van der Waals surface area contributed by atoms with Gasteiger partial charge in [-0.05, 0) is 61.4 Å². The molecule has 174 valence electrons. The van der Waals surface area contributed by atoms with E-state index >= 15 is 0 Å². The van der Waals surface area contributed by atoms with Crippen LogP contribution >= 0.6 is 0 Å². The molecule has 1 fully saturated rings. The summed E-state index contributed by atoms with van der Waals surface area (Å²) in [7, 11) is 5.37. The van der Waals surface area contributed by atoms with Crippen molar-refractivity contribution in [2.24, 2.45) is 0 Å². The molecule has 1 aliphatic heterocycles. The third kappa shape index (κ3) is 3.92. The topological polar surface area (TPSA) is 70.1 Å². The maximum absolute atomic E-state index is 13.4. The number of benzene rings is 3. The van der Waals surface area contributed by atoms with Crippen LogP contribution in [0.25, 0.3) is 5.76 Å². The highest BCUT2D eigenvalue weighted by Gasteiger charge is 2.47. The Morgan fingerprint density at radius 1 is 0.971 bits per heavy atom. The molecule has 1 amide bonds. The summed E-state index contributed by atoms with van der Waals surface area (Å²) >= 11 is 0. The fourth-order valence-corrected chi connectivity index (χ4v) is 4.35. The largest absolute Gasteiger partial charge is 0.507 e. The van der Waals surface area contributed by atoms with Gasteiger partial charge < -0.3 is 14.7 Å². The molecule has 3 aromatic rings. The molecule has 0 aliphatic carbocycles. The van der Waals surface area contributed by atoms with Crippen molar-refractivity contribution < 1.29 is 19.4 Å². The Bertz CT molecular complexity index is 1290. The first-order valence-corrected chi connectivity index (χ1v) is 11.0. The number of rotatable bonds is 5. The van der Waals surface area contributed by atoms with E-state index in [-0.39, 0.29) is 11.3 Å². The molecule has 3 aromatic carbocycles. The number of Topliss-reactive ketones (excluding diaryl/α,β-unsaturated/α-hetero) is 1. The molecule has 1 atom stereocenters. The maximum Gasteiger partial charge on any atom is 0.300 e. The summed E-state index contributed by atoms with van der Waals surface area (Å²) in [5.41, 5.74) is 4.54. The van der Waals surface area contributed by atoms with Gasteiger partial charge in [0.25, 0.3) is 11.7 Å². The Kier molecular flexibility index (Phi) is 6.16. The van der Waals surface area contributed by atoms with Crippen LogP contribution in [0.4, 0.5) is 11.4 Å². The molecular weight excluding hydrogens is 428 g/mol. The second-order valence-electron chi connectivity index (χ2n) is 8.64. The van der Waals surface area contributed by atoms with E-state index in [1.54, 1.807) is 12.1 Å². The molecule has 0 radical (unpaired) electrons. The smallest absolute Gasteiger partial charge is 0.300 e. The van der Waals surface area contributed by atoms with E-state index in [9.17, 15) is 14.7 Å². The predicted octanol–water partition coefficient (Wildman–Crippen LogP) is 5.00. The number of aryl methyl sites for hydroxylation is 2. The number of ether oxygens (including phenoxy) is 1. The zero-order valence-corrected chi connectivity index (χ0v) is 20.0. The summed E-state index contributed by atoms with van der Waals surface area (Å²) in [6.07, 6.45) is 0. The third-order valence-corrected chi connectivity index (χ3v) is 6.18. The highest BCUT2D eigenvalue weighted by Crippen LogP contribution is 2.44. The summed E-state index contributed by atoms with van der Waals surface area (Å²) < 4.78 is 5.45. The number of nitrogens with zero attached hydrogens (tertiary/aromatic N) is 2. The number of aliphatic hydroxyl groups is 1. The Labute approximate surface area is 199 Å². The molecule has 1 aliphatic rings. The lowest BCUT2D eigenvalue weighted by atomic mass is 9.92. The molecule has 6 heteroatoms. The SMILES string of the molecule is COc1ccc(C)cc1/C(O)=C1\C(=O)C(=O)N(c2ccc(N(C)C)cc2)C1c1ccccc1C. The van der Waals surface area contributed by atoms with Crippen molar-refractivity contribution in [3.63, 3.8) is 0 Å². The molecule has 1 saturated heterocycles. The van der Waals surface area contributed by atoms with Crippen LogP contribution in [0.3, 0.4) is 0 Å². The summed E-state index contributed by atoms with van der Waals surface area (Å²) in [5.74, 6) is -1.24. The Hall–Kier alpha value is -4.06. The van der Waals surface area contributed by atoms with E-state index in [4.69, 9.17) is 4.74 Å². The van der Waals surface area contributed by atoms with Crippen LogP contribution in [0.1, 0.15) is 28.3 Å². The fraction of sp³-hybridized carbons (Fsp3) is 0.214. The number of hydrogen-bond acceptors (Lipinski definition) is 5. The van der Waals surface area contributed by atoms with Crippen molar-refractivity contribution in [1.82, 2.24) is 0 Å². The third-order valence-electron chi connectivity index (χ3n) is 6.18. The quantitative estimate of drug-likeness (QED) is 0.332. The minimum atomic E-state index is -0.781. The van der Waals surface area contributed by atoms with Gasteiger partial charge in [0.05, 0.1) is 24.3 Å². The monoisotopic (exact) mass is 456 g/mol. The van der Waals surface area contributed by atoms with Crippen LogP contribution in [0.5, 0.6) is 5.75 Å². The average molecular weight is 457 g/mol. The second-order valence-corrected chi connectivity index (χ2v) is 8.64. The van der Waals surface area contributed by atoms with Gasteiger partial charge in [-0.1, -0.05) is 35.9 Å². The molecule has 34 heavy (non-hydrogen) atoms. The number of aliphatic hydroxyl groups excluding tert-OH is 1. The number of ketones is 1. The number of carbonyl (C=O) groups excluding carboxylic acids is 2. The zero-order valence-electron chi connectivity index (χ0n) is 20.0. The molecule has 0 spiro atoms. The van der Waals surface area contributed by atoms with Crippen LogP contribution in [0.2, 0.25) is 0 Å². The molecule has 1 unspecified atom stereocenters. The Morgan fingerprint density at radius 3 is 2.26 bits per heavy atom. The van der Waals surface area contributed by atoms with E-state index in [0.717, 1.165) is 22.4 Å². The minimum absolute atomic E-state index is 0.0416. The Balaban J connectivity index is 1.97. The number of hydrogen-bond donors (Lipinski definition) is 1. The van der Waals surface area contributed by atoms with Gasteiger partial charge in [0, 0.05) is 25.5 Å². The lowest BCUT2D eigenvalue weighted by Gasteiger charge is -2.27. The van der Waals surface area contributed by atoms with Crippen LogP contribution in [0.15, 0.2) is 72.3 Å². The maximum atomic E-state index is 13.4. The number of methoxy groups -OCH3 is 1. The molecule has 1 heterocycles. The fourth-order valence-electron chi connectivity index (χ4n) is 4.35. The van der Waals surface area contributed by atoms with E-state index in [1.807, 2.05) is 87.4 Å². The van der Waals surface area contributed by atoms with Gasteiger partial charge in [0.1, 0.15) is 11.5 Å². The minimum Gasteiger partial charge on any atom is -0.507 e. The van der Waals surface area contributed by atoms with E-state index in [1.165, 1.54) is 12.0 Å². The second kappa shape index (κ2) is 9.06. The molecular formula is C28H28N2O4. The van der Waals surface area contributed by atoms with Crippen molar-refractivity contribution >= 4 is 28.8 Å². The average Bonchev–Trinajstić information content (AvgIpc) is 3.09. The predicted molar refractivity (Wildman–Crippen MR) is 134 cm³/mol. The van der Waals surface area contributed by atoms with Gasteiger partial charge in [-0.2, -0.15) is 0 Å². The molecule has 0 aromatic heterocycles. The lowest BCUT2D eigenvalue weighted by molar-refractivity contribution is -0.132. The van der Waals surface area contributed by atoms with Crippen molar-refractivity contribution in [2.45, 2.75) is 19.9 Å². The van der Waals surface area contributed by atoms with Crippen molar-refractivity contribution in [2.75, 3.05) is 31.0 Å². The van der Waals surface area contributed by atoms with E-state index in [2.05, 4.69) is 0 Å². The molecule has 0 bridgehead atoms.